The molecule has 0 amide bonds. The van der Waals surface area contributed by atoms with E-state index in [1.54, 1.807) is 7.11 Å². The van der Waals surface area contributed by atoms with Gasteiger partial charge in [0.15, 0.2) is 11.5 Å². The first kappa shape index (κ1) is 15.4. The van der Waals surface area contributed by atoms with Crippen LogP contribution < -0.4 is 19.5 Å². The van der Waals surface area contributed by atoms with Gasteiger partial charge in [-0.3, -0.25) is 0 Å². The van der Waals surface area contributed by atoms with Crippen LogP contribution in [0.25, 0.3) is 0 Å². The molecule has 3 rings (SSSR count). The molecule has 0 spiro atoms. The van der Waals surface area contributed by atoms with Crippen molar-refractivity contribution in [3.63, 3.8) is 0 Å². The molecule has 0 aliphatic carbocycles. The van der Waals surface area contributed by atoms with E-state index in [0.717, 1.165) is 42.8 Å². The smallest absolute Gasteiger partial charge is 0.203 e. The van der Waals surface area contributed by atoms with Crippen molar-refractivity contribution in [2.24, 2.45) is 5.92 Å². The van der Waals surface area contributed by atoms with E-state index in [-0.39, 0.29) is 0 Å². The molecule has 0 saturated carbocycles. The molecule has 1 aromatic carbocycles. The normalized spacial score (nSPS) is 21.1. The first-order valence-electron chi connectivity index (χ1n) is 8.19. The van der Waals surface area contributed by atoms with Crippen molar-refractivity contribution in [2.45, 2.75) is 19.9 Å². The Morgan fingerprint density at radius 1 is 1.32 bits per heavy atom. The Bertz CT molecular complexity index is 490. The average Bonchev–Trinajstić information content (AvgIpc) is 3.02. The molecule has 1 atom stereocenters. The highest BCUT2D eigenvalue weighted by Gasteiger charge is 2.21. The lowest BCUT2D eigenvalue weighted by Crippen LogP contribution is -2.26. The summed E-state index contributed by atoms with van der Waals surface area (Å²) in [4.78, 5) is 2.51. The largest absolute Gasteiger partial charge is 0.493 e. The highest BCUT2D eigenvalue weighted by Crippen LogP contribution is 2.40. The van der Waals surface area contributed by atoms with Crippen LogP contribution in [0, 0.1) is 5.92 Å². The Morgan fingerprint density at radius 3 is 2.95 bits per heavy atom. The Hall–Kier alpha value is -1.46. The summed E-state index contributed by atoms with van der Waals surface area (Å²) < 4.78 is 16.7. The number of ether oxygens (including phenoxy) is 3. The summed E-state index contributed by atoms with van der Waals surface area (Å²) in [6, 6.07) is 4.09. The van der Waals surface area contributed by atoms with E-state index >= 15 is 0 Å². The van der Waals surface area contributed by atoms with Crippen LogP contribution in [0.4, 0.5) is 0 Å². The Balaban J connectivity index is 1.56. The van der Waals surface area contributed by atoms with Crippen LogP contribution in [0.2, 0.25) is 0 Å². The van der Waals surface area contributed by atoms with Crippen LogP contribution in [0.5, 0.6) is 17.2 Å². The average molecular weight is 306 g/mol. The molecule has 2 aliphatic heterocycles. The van der Waals surface area contributed by atoms with Crippen molar-refractivity contribution in [1.82, 2.24) is 10.2 Å². The number of hydrogen-bond donors (Lipinski definition) is 1. The second kappa shape index (κ2) is 7.20. The summed E-state index contributed by atoms with van der Waals surface area (Å²) in [5, 5.41) is 3.57. The fraction of sp³-hybridized carbons (Fsp3) is 0.647. The standard InChI is InChI=1S/C17H26N2O3/c1-3-19-5-4-13(12-19)10-18-11-14-8-15(20-2)17-16(9-14)21-6-7-22-17/h8-9,13,18H,3-7,10-12H2,1-2H3. The van der Waals surface area contributed by atoms with E-state index in [9.17, 15) is 0 Å². The molecular weight excluding hydrogens is 280 g/mol. The fourth-order valence-corrected chi connectivity index (χ4v) is 3.22. The predicted molar refractivity (Wildman–Crippen MR) is 85.9 cm³/mol. The molecule has 2 aliphatic rings. The van der Waals surface area contributed by atoms with Crippen molar-refractivity contribution in [1.29, 1.82) is 0 Å². The lowest BCUT2D eigenvalue weighted by atomic mass is 10.1. The molecule has 1 fully saturated rings. The maximum Gasteiger partial charge on any atom is 0.203 e. The number of nitrogens with one attached hydrogen (secondary N) is 1. The second-order valence-electron chi connectivity index (χ2n) is 6.00. The first-order valence-corrected chi connectivity index (χ1v) is 8.19. The van der Waals surface area contributed by atoms with E-state index in [1.165, 1.54) is 25.1 Å². The topological polar surface area (TPSA) is 43.0 Å². The van der Waals surface area contributed by atoms with E-state index in [4.69, 9.17) is 14.2 Å². The van der Waals surface area contributed by atoms with Crippen molar-refractivity contribution in [3.05, 3.63) is 17.7 Å². The molecule has 122 valence electrons. The maximum atomic E-state index is 5.68. The van der Waals surface area contributed by atoms with Gasteiger partial charge < -0.3 is 24.4 Å². The Labute approximate surface area is 132 Å². The van der Waals surface area contributed by atoms with Gasteiger partial charge in [0, 0.05) is 13.1 Å². The third-order valence-corrected chi connectivity index (χ3v) is 4.47. The van der Waals surface area contributed by atoms with Crippen LogP contribution in [-0.2, 0) is 6.54 Å². The minimum Gasteiger partial charge on any atom is -0.493 e. The van der Waals surface area contributed by atoms with Gasteiger partial charge >= 0.3 is 0 Å². The minimum atomic E-state index is 0.580. The maximum absolute atomic E-state index is 5.68. The minimum absolute atomic E-state index is 0.580. The number of benzene rings is 1. The molecule has 1 N–H and O–H groups in total. The first-order chi connectivity index (χ1) is 10.8. The van der Waals surface area contributed by atoms with Gasteiger partial charge in [-0.1, -0.05) is 6.92 Å². The van der Waals surface area contributed by atoms with Gasteiger partial charge in [0.2, 0.25) is 5.75 Å². The highest BCUT2D eigenvalue weighted by atomic mass is 16.6. The SMILES string of the molecule is CCN1CCC(CNCc2cc(OC)c3c(c2)OCCO3)C1. The second-order valence-corrected chi connectivity index (χ2v) is 6.00. The number of nitrogens with zero attached hydrogens (tertiary/aromatic N) is 1. The molecule has 1 aromatic rings. The van der Waals surface area contributed by atoms with E-state index in [2.05, 4.69) is 23.2 Å². The third kappa shape index (κ3) is 3.47. The van der Waals surface area contributed by atoms with Crippen molar-refractivity contribution >= 4 is 0 Å². The summed E-state index contributed by atoms with van der Waals surface area (Å²) in [6.45, 7) is 8.92. The number of fused-ring (bicyclic) bond motifs is 1. The van der Waals surface area contributed by atoms with Gasteiger partial charge in [-0.2, -0.15) is 0 Å². The number of methoxy groups -OCH3 is 1. The van der Waals surface area contributed by atoms with E-state index in [0.29, 0.717) is 13.2 Å². The monoisotopic (exact) mass is 306 g/mol. The highest BCUT2D eigenvalue weighted by molar-refractivity contribution is 5.54. The molecule has 1 unspecified atom stereocenters. The van der Waals surface area contributed by atoms with Crippen molar-refractivity contribution in [2.75, 3.05) is 46.5 Å². The number of hydrogen-bond acceptors (Lipinski definition) is 5. The predicted octanol–water partition coefficient (Wildman–Crippen LogP) is 1.90. The number of rotatable bonds is 6. The zero-order valence-electron chi connectivity index (χ0n) is 13.6. The third-order valence-electron chi connectivity index (χ3n) is 4.47. The summed E-state index contributed by atoms with van der Waals surface area (Å²) in [7, 11) is 1.67. The lowest BCUT2D eigenvalue weighted by molar-refractivity contribution is 0.165. The van der Waals surface area contributed by atoms with Gasteiger partial charge in [0.1, 0.15) is 13.2 Å². The molecule has 0 radical (unpaired) electrons. The van der Waals surface area contributed by atoms with Crippen molar-refractivity contribution in [3.8, 4) is 17.2 Å². The zero-order valence-corrected chi connectivity index (χ0v) is 13.6. The quantitative estimate of drug-likeness (QED) is 0.869. The van der Waals surface area contributed by atoms with Crippen molar-refractivity contribution < 1.29 is 14.2 Å². The lowest BCUT2D eigenvalue weighted by Gasteiger charge is -2.21. The molecule has 0 bridgehead atoms. The van der Waals surface area contributed by atoms with Crippen LogP contribution in [-0.4, -0.2) is 51.4 Å². The van der Waals surface area contributed by atoms with Gasteiger partial charge in [-0.15, -0.1) is 0 Å². The number of likely N-dealkylation sites (tertiary alicyclic amines) is 1. The fourth-order valence-electron chi connectivity index (χ4n) is 3.22. The Morgan fingerprint density at radius 2 is 2.18 bits per heavy atom. The summed E-state index contributed by atoms with van der Waals surface area (Å²) in [5.41, 5.74) is 1.17. The summed E-state index contributed by atoms with van der Waals surface area (Å²) >= 11 is 0. The van der Waals surface area contributed by atoms with E-state index < -0.39 is 0 Å². The van der Waals surface area contributed by atoms with Gasteiger partial charge in [0.05, 0.1) is 7.11 Å². The molecule has 5 nitrogen and oxygen atoms in total. The van der Waals surface area contributed by atoms with Gasteiger partial charge in [0.25, 0.3) is 0 Å². The molecule has 0 aromatic heterocycles. The zero-order chi connectivity index (χ0) is 15.4. The van der Waals surface area contributed by atoms with Gasteiger partial charge in [-0.25, -0.2) is 0 Å². The molecular formula is C17H26N2O3. The molecule has 1 saturated heterocycles. The molecule has 22 heavy (non-hydrogen) atoms. The summed E-state index contributed by atoms with van der Waals surface area (Å²) in [5.74, 6) is 3.04. The summed E-state index contributed by atoms with van der Waals surface area (Å²) in [6.07, 6.45) is 1.30. The molecule has 2 heterocycles. The van der Waals surface area contributed by atoms with Crippen LogP contribution >= 0.6 is 0 Å². The van der Waals surface area contributed by atoms with E-state index in [1.807, 2.05) is 6.07 Å². The van der Waals surface area contributed by atoms with Crippen LogP contribution in [0.3, 0.4) is 0 Å². The van der Waals surface area contributed by atoms with Crippen LogP contribution in [0.15, 0.2) is 12.1 Å². The molecule has 5 heteroatoms. The van der Waals surface area contributed by atoms with Gasteiger partial charge in [-0.05, 0) is 49.7 Å². The Kier molecular flexibility index (Phi) is 5.05. The van der Waals surface area contributed by atoms with Crippen LogP contribution in [0.1, 0.15) is 18.9 Å².